The van der Waals surface area contributed by atoms with Gasteiger partial charge in [0.05, 0.1) is 0 Å². The largest absolute Gasteiger partial charge is 0.316 e. The van der Waals surface area contributed by atoms with Gasteiger partial charge in [-0.15, -0.1) is 0 Å². The summed E-state index contributed by atoms with van der Waals surface area (Å²) in [6.45, 7) is 4.65. The van der Waals surface area contributed by atoms with Gasteiger partial charge in [-0.25, -0.2) is 0 Å². The number of hydrogen-bond acceptors (Lipinski definition) is 2. The highest BCUT2D eigenvalue weighted by atomic mass is 15.3. The molecule has 1 aromatic heterocycles. The number of nitrogens with one attached hydrogen (secondary N) is 1. The molecule has 1 N–H and O–H groups in total. The average Bonchev–Trinajstić information content (AvgIpc) is 2.73. The minimum atomic E-state index is 0.915. The molecule has 0 saturated heterocycles. The van der Waals surface area contributed by atoms with Crippen LogP contribution in [0.5, 0.6) is 0 Å². The number of hydrogen-bond donors (Lipinski definition) is 1. The summed E-state index contributed by atoms with van der Waals surface area (Å²) >= 11 is 0. The van der Waals surface area contributed by atoms with Crippen molar-refractivity contribution in [1.29, 1.82) is 0 Å². The molecule has 1 fully saturated rings. The topological polar surface area (TPSA) is 29.9 Å². The molecule has 0 atom stereocenters. The van der Waals surface area contributed by atoms with Gasteiger partial charge in [-0.05, 0) is 37.3 Å². The van der Waals surface area contributed by atoms with Crippen LogP contribution < -0.4 is 5.32 Å². The Bertz CT molecular complexity index is 324. The number of rotatable bonds is 5. The molecule has 3 heteroatoms. The lowest BCUT2D eigenvalue weighted by molar-refractivity contribution is 0.282. The Morgan fingerprint density at radius 1 is 1.35 bits per heavy atom. The van der Waals surface area contributed by atoms with Crippen LogP contribution in [0.3, 0.4) is 0 Å². The highest BCUT2D eigenvalue weighted by Crippen LogP contribution is 2.27. The molecule has 0 aliphatic heterocycles. The van der Waals surface area contributed by atoms with Gasteiger partial charge in [0.1, 0.15) is 0 Å². The summed E-state index contributed by atoms with van der Waals surface area (Å²) in [5.74, 6) is 1.87. The van der Waals surface area contributed by atoms with E-state index in [1.807, 2.05) is 17.9 Å². The van der Waals surface area contributed by atoms with Gasteiger partial charge in [-0.3, -0.25) is 4.68 Å². The molecule has 3 nitrogen and oxygen atoms in total. The van der Waals surface area contributed by atoms with Crippen molar-refractivity contribution < 1.29 is 0 Å². The third-order valence-corrected chi connectivity index (χ3v) is 4.05. The zero-order valence-electron chi connectivity index (χ0n) is 11.2. The molecule has 0 aromatic carbocycles. The predicted octanol–water partition coefficient (Wildman–Crippen LogP) is 2.38. The lowest BCUT2D eigenvalue weighted by atomic mass is 9.83. The zero-order chi connectivity index (χ0) is 12.1. The van der Waals surface area contributed by atoms with Crippen LogP contribution in [0.4, 0.5) is 0 Å². The van der Waals surface area contributed by atoms with E-state index in [0.29, 0.717) is 0 Å². The standard InChI is InChI=1S/C14H25N3/c1-12-3-5-13(6-4-12)11-15-9-7-14-8-10-16-17(14)2/h8,10,12-13,15H,3-7,9,11H2,1-2H3. The second-order valence-corrected chi connectivity index (χ2v) is 5.53. The van der Waals surface area contributed by atoms with Crippen LogP contribution in [-0.2, 0) is 13.5 Å². The van der Waals surface area contributed by atoms with Gasteiger partial charge in [0.25, 0.3) is 0 Å². The van der Waals surface area contributed by atoms with E-state index in [9.17, 15) is 0 Å². The molecule has 96 valence electrons. The van der Waals surface area contributed by atoms with E-state index in [-0.39, 0.29) is 0 Å². The Balaban J connectivity index is 1.59. The van der Waals surface area contributed by atoms with Crippen LogP contribution in [-0.4, -0.2) is 22.9 Å². The summed E-state index contributed by atoms with van der Waals surface area (Å²) < 4.78 is 1.96. The van der Waals surface area contributed by atoms with Crippen LogP contribution in [0.25, 0.3) is 0 Å². The first-order chi connectivity index (χ1) is 8.25. The fraction of sp³-hybridized carbons (Fsp3) is 0.786. The van der Waals surface area contributed by atoms with Gasteiger partial charge >= 0.3 is 0 Å². The monoisotopic (exact) mass is 235 g/mol. The summed E-state index contributed by atoms with van der Waals surface area (Å²) in [5.41, 5.74) is 1.31. The minimum Gasteiger partial charge on any atom is -0.316 e. The van der Waals surface area contributed by atoms with Crippen molar-refractivity contribution in [2.24, 2.45) is 18.9 Å². The molecule has 0 unspecified atom stereocenters. The molecule has 2 rings (SSSR count). The normalized spacial score (nSPS) is 25.1. The highest BCUT2D eigenvalue weighted by Gasteiger charge is 2.17. The van der Waals surface area contributed by atoms with E-state index in [0.717, 1.165) is 24.8 Å². The van der Waals surface area contributed by atoms with Crippen molar-refractivity contribution in [2.45, 2.75) is 39.0 Å². The van der Waals surface area contributed by atoms with E-state index in [2.05, 4.69) is 23.4 Å². The molecule has 1 aliphatic carbocycles. The first-order valence-electron chi connectivity index (χ1n) is 6.93. The summed E-state index contributed by atoms with van der Waals surface area (Å²) in [7, 11) is 2.01. The Kier molecular flexibility index (Phi) is 4.60. The molecule has 1 heterocycles. The van der Waals surface area contributed by atoms with Crippen molar-refractivity contribution >= 4 is 0 Å². The highest BCUT2D eigenvalue weighted by molar-refractivity contribution is 5.00. The summed E-state index contributed by atoms with van der Waals surface area (Å²) in [5, 5.41) is 7.78. The zero-order valence-corrected chi connectivity index (χ0v) is 11.2. The van der Waals surface area contributed by atoms with Gasteiger partial charge in [0.2, 0.25) is 0 Å². The second kappa shape index (κ2) is 6.20. The van der Waals surface area contributed by atoms with Gasteiger partial charge in [-0.2, -0.15) is 5.10 Å². The van der Waals surface area contributed by atoms with Crippen LogP contribution in [0, 0.1) is 11.8 Å². The van der Waals surface area contributed by atoms with E-state index < -0.39 is 0 Å². The predicted molar refractivity (Wildman–Crippen MR) is 70.9 cm³/mol. The van der Waals surface area contributed by atoms with Crippen molar-refractivity contribution in [1.82, 2.24) is 15.1 Å². The fourth-order valence-electron chi connectivity index (χ4n) is 2.70. The molecule has 1 aromatic rings. The lowest BCUT2D eigenvalue weighted by Gasteiger charge is -2.26. The number of aromatic nitrogens is 2. The molecular formula is C14H25N3. The van der Waals surface area contributed by atoms with Crippen molar-refractivity contribution in [3.05, 3.63) is 18.0 Å². The quantitative estimate of drug-likeness (QED) is 0.794. The van der Waals surface area contributed by atoms with Gasteiger partial charge in [-0.1, -0.05) is 19.8 Å². The number of aryl methyl sites for hydroxylation is 1. The maximum absolute atomic E-state index is 4.18. The first kappa shape index (κ1) is 12.6. The maximum atomic E-state index is 4.18. The summed E-state index contributed by atoms with van der Waals surface area (Å²) in [4.78, 5) is 0. The van der Waals surface area contributed by atoms with E-state index >= 15 is 0 Å². The molecule has 0 amide bonds. The Morgan fingerprint density at radius 2 is 2.12 bits per heavy atom. The van der Waals surface area contributed by atoms with Crippen LogP contribution in [0.1, 0.15) is 38.3 Å². The van der Waals surface area contributed by atoms with Crippen LogP contribution >= 0.6 is 0 Å². The summed E-state index contributed by atoms with van der Waals surface area (Å²) in [6, 6.07) is 2.10. The van der Waals surface area contributed by atoms with Gasteiger partial charge in [0, 0.05) is 31.9 Å². The molecule has 0 radical (unpaired) electrons. The molecule has 1 saturated carbocycles. The second-order valence-electron chi connectivity index (χ2n) is 5.53. The third-order valence-electron chi connectivity index (χ3n) is 4.05. The van der Waals surface area contributed by atoms with Crippen molar-refractivity contribution in [3.8, 4) is 0 Å². The van der Waals surface area contributed by atoms with Crippen LogP contribution in [0.15, 0.2) is 12.3 Å². The molecule has 17 heavy (non-hydrogen) atoms. The molecular weight excluding hydrogens is 210 g/mol. The fourth-order valence-corrected chi connectivity index (χ4v) is 2.70. The van der Waals surface area contributed by atoms with E-state index in [4.69, 9.17) is 0 Å². The SMILES string of the molecule is CC1CCC(CNCCc2ccnn2C)CC1. The van der Waals surface area contributed by atoms with E-state index in [1.54, 1.807) is 0 Å². The molecule has 0 spiro atoms. The third kappa shape index (κ3) is 3.84. The van der Waals surface area contributed by atoms with Crippen molar-refractivity contribution in [3.63, 3.8) is 0 Å². The number of nitrogens with zero attached hydrogens (tertiary/aromatic N) is 2. The maximum Gasteiger partial charge on any atom is 0.0492 e. The van der Waals surface area contributed by atoms with E-state index in [1.165, 1.54) is 37.9 Å². The Morgan fingerprint density at radius 3 is 2.76 bits per heavy atom. The van der Waals surface area contributed by atoms with Gasteiger partial charge in [0.15, 0.2) is 0 Å². The van der Waals surface area contributed by atoms with Gasteiger partial charge < -0.3 is 5.32 Å². The smallest absolute Gasteiger partial charge is 0.0492 e. The lowest BCUT2D eigenvalue weighted by Crippen LogP contribution is -2.27. The molecule has 1 aliphatic rings. The average molecular weight is 235 g/mol. The Hall–Kier alpha value is -0.830. The van der Waals surface area contributed by atoms with Crippen molar-refractivity contribution in [2.75, 3.05) is 13.1 Å². The Labute approximate surface area is 105 Å². The molecule has 0 bridgehead atoms. The van der Waals surface area contributed by atoms with Crippen LogP contribution in [0.2, 0.25) is 0 Å². The summed E-state index contributed by atoms with van der Waals surface area (Å²) in [6.07, 6.45) is 8.64. The first-order valence-corrected chi connectivity index (χ1v) is 6.93. The minimum absolute atomic E-state index is 0.915.